The van der Waals surface area contributed by atoms with Gasteiger partial charge in [-0.2, -0.15) is 0 Å². The molecule has 8 heteroatoms. The molecule has 0 atom stereocenters. The molecule has 3 aromatic rings. The van der Waals surface area contributed by atoms with Crippen molar-refractivity contribution in [3.8, 4) is 0 Å². The van der Waals surface area contributed by atoms with Crippen LogP contribution in [0.3, 0.4) is 0 Å². The number of halogens is 3. The van der Waals surface area contributed by atoms with Crippen LogP contribution in [0.4, 0.5) is 18.9 Å². The zero-order valence-electron chi connectivity index (χ0n) is 15.3. The van der Waals surface area contributed by atoms with E-state index >= 15 is 0 Å². The highest BCUT2D eigenvalue weighted by atomic mass is 19.2. The first kappa shape index (κ1) is 19.4. The monoisotopic (exact) mass is 410 g/mol. The molecule has 0 spiro atoms. The number of hydrogen-bond donors (Lipinski definition) is 1. The van der Waals surface area contributed by atoms with Gasteiger partial charge in [-0.1, -0.05) is 30.3 Å². The van der Waals surface area contributed by atoms with Crippen molar-refractivity contribution in [1.29, 1.82) is 0 Å². The number of amides is 3. The van der Waals surface area contributed by atoms with Crippen LogP contribution in [0, 0.1) is 17.5 Å². The van der Waals surface area contributed by atoms with Crippen molar-refractivity contribution in [2.45, 2.75) is 6.54 Å². The molecule has 0 unspecified atom stereocenters. The Hall–Kier alpha value is -3.94. The number of anilines is 1. The van der Waals surface area contributed by atoms with Crippen LogP contribution in [0.1, 0.15) is 36.6 Å². The summed E-state index contributed by atoms with van der Waals surface area (Å²) < 4.78 is 40.1. The highest BCUT2D eigenvalue weighted by Crippen LogP contribution is 2.26. The molecule has 5 nitrogen and oxygen atoms in total. The van der Waals surface area contributed by atoms with Crippen LogP contribution in [0.5, 0.6) is 0 Å². The van der Waals surface area contributed by atoms with Crippen LogP contribution in [0.2, 0.25) is 0 Å². The zero-order chi connectivity index (χ0) is 21.4. The second kappa shape index (κ2) is 7.47. The summed E-state index contributed by atoms with van der Waals surface area (Å²) in [5.41, 5.74) is 0.354. The van der Waals surface area contributed by atoms with Crippen molar-refractivity contribution in [3.05, 3.63) is 100 Å². The first-order chi connectivity index (χ1) is 14.3. The molecule has 3 amide bonds. The van der Waals surface area contributed by atoms with E-state index in [1.54, 1.807) is 24.3 Å². The predicted molar refractivity (Wildman–Crippen MR) is 101 cm³/mol. The van der Waals surface area contributed by atoms with E-state index in [9.17, 15) is 27.6 Å². The maximum atomic E-state index is 13.8. The second-order valence-corrected chi connectivity index (χ2v) is 6.64. The van der Waals surface area contributed by atoms with Crippen molar-refractivity contribution in [2.24, 2.45) is 0 Å². The third-order valence-electron chi connectivity index (χ3n) is 4.67. The Morgan fingerprint density at radius 3 is 2.20 bits per heavy atom. The summed E-state index contributed by atoms with van der Waals surface area (Å²) in [5.74, 6) is -5.75. The van der Waals surface area contributed by atoms with E-state index in [1.165, 1.54) is 18.2 Å². The molecule has 0 aliphatic carbocycles. The number of benzene rings is 3. The van der Waals surface area contributed by atoms with Crippen molar-refractivity contribution in [1.82, 2.24) is 4.90 Å². The molecule has 1 aliphatic rings. The van der Waals surface area contributed by atoms with Crippen LogP contribution in [-0.2, 0) is 6.54 Å². The summed E-state index contributed by atoms with van der Waals surface area (Å²) in [6.45, 7) is 0.0782. The molecule has 1 aliphatic heterocycles. The summed E-state index contributed by atoms with van der Waals surface area (Å²) in [7, 11) is 0. The maximum absolute atomic E-state index is 13.8. The van der Waals surface area contributed by atoms with Gasteiger partial charge in [0.25, 0.3) is 17.7 Å². The number of carbonyl (C=O) groups is 3. The Morgan fingerprint density at radius 2 is 1.47 bits per heavy atom. The normalized spacial score (nSPS) is 12.8. The van der Waals surface area contributed by atoms with Crippen LogP contribution in [0.25, 0.3) is 0 Å². The van der Waals surface area contributed by atoms with E-state index in [4.69, 9.17) is 0 Å². The minimum Gasteiger partial charge on any atom is -0.319 e. The second-order valence-electron chi connectivity index (χ2n) is 6.64. The highest BCUT2D eigenvalue weighted by molar-refractivity contribution is 6.22. The number of nitrogens with one attached hydrogen (secondary N) is 1. The quantitative estimate of drug-likeness (QED) is 0.519. The molecule has 1 N–H and O–H groups in total. The van der Waals surface area contributed by atoms with Crippen molar-refractivity contribution < 1.29 is 27.6 Å². The van der Waals surface area contributed by atoms with E-state index in [-0.39, 0.29) is 23.2 Å². The topological polar surface area (TPSA) is 66.5 Å². The third-order valence-corrected chi connectivity index (χ3v) is 4.67. The molecule has 30 heavy (non-hydrogen) atoms. The van der Waals surface area contributed by atoms with Gasteiger partial charge in [0.15, 0.2) is 11.6 Å². The lowest BCUT2D eigenvalue weighted by Gasteiger charge is -2.13. The van der Waals surface area contributed by atoms with Crippen LogP contribution < -0.4 is 5.32 Å². The third kappa shape index (κ3) is 3.43. The van der Waals surface area contributed by atoms with Crippen LogP contribution >= 0.6 is 0 Å². The summed E-state index contributed by atoms with van der Waals surface area (Å²) >= 11 is 0. The van der Waals surface area contributed by atoms with E-state index in [0.717, 1.165) is 10.5 Å². The number of fused-ring (bicyclic) bond motifs is 1. The van der Waals surface area contributed by atoms with Gasteiger partial charge >= 0.3 is 0 Å². The summed E-state index contributed by atoms with van der Waals surface area (Å²) in [6, 6.07) is 13.6. The number of hydrogen-bond acceptors (Lipinski definition) is 3. The Bertz CT molecular complexity index is 1200. The fraction of sp³-hybridized carbons (Fsp3) is 0.0455. The number of carbonyl (C=O) groups excluding carboxylic acids is 3. The molecular weight excluding hydrogens is 397 g/mol. The summed E-state index contributed by atoms with van der Waals surface area (Å²) in [6.07, 6.45) is 0. The summed E-state index contributed by atoms with van der Waals surface area (Å²) in [5, 5.41) is 2.13. The summed E-state index contributed by atoms with van der Waals surface area (Å²) in [4.78, 5) is 38.8. The first-order valence-electron chi connectivity index (χ1n) is 8.85. The Labute approximate surface area is 168 Å². The van der Waals surface area contributed by atoms with E-state index < -0.39 is 40.9 Å². The SMILES string of the molecule is O=C(Nc1cc(F)c(F)cc1F)c1ccc2c(c1)C(=O)N(Cc1ccccc1)C2=O. The average molecular weight is 410 g/mol. The minimum atomic E-state index is -1.38. The lowest BCUT2D eigenvalue weighted by molar-refractivity contribution is 0.0642. The van der Waals surface area contributed by atoms with Crippen LogP contribution in [-0.4, -0.2) is 22.6 Å². The van der Waals surface area contributed by atoms with Gasteiger partial charge in [-0.05, 0) is 23.8 Å². The maximum Gasteiger partial charge on any atom is 0.261 e. The minimum absolute atomic E-state index is 0.0364. The van der Waals surface area contributed by atoms with Gasteiger partial charge in [0.2, 0.25) is 0 Å². The zero-order valence-corrected chi connectivity index (χ0v) is 15.3. The molecule has 0 saturated heterocycles. The molecule has 0 radical (unpaired) electrons. The van der Waals surface area contributed by atoms with Crippen LogP contribution in [0.15, 0.2) is 60.7 Å². The van der Waals surface area contributed by atoms with Gasteiger partial charge in [-0.15, -0.1) is 0 Å². The number of rotatable bonds is 4. The standard InChI is InChI=1S/C22H13F3N2O3/c23-16-9-18(25)19(10-17(16)24)26-20(28)13-6-7-14-15(8-13)22(30)27(21(14)29)11-12-4-2-1-3-5-12/h1-10H,11H2,(H,26,28). The van der Waals surface area contributed by atoms with E-state index in [0.29, 0.717) is 12.1 Å². The van der Waals surface area contributed by atoms with Gasteiger partial charge in [-0.3, -0.25) is 19.3 Å². The molecule has 0 aromatic heterocycles. The van der Waals surface area contributed by atoms with Crippen molar-refractivity contribution in [3.63, 3.8) is 0 Å². The van der Waals surface area contributed by atoms with Gasteiger partial charge in [0.05, 0.1) is 23.4 Å². The lowest BCUT2D eigenvalue weighted by atomic mass is 10.1. The number of imide groups is 1. The highest BCUT2D eigenvalue weighted by Gasteiger charge is 2.36. The van der Waals surface area contributed by atoms with Gasteiger partial charge in [0, 0.05) is 17.7 Å². The fourth-order valence-electron chi connectivity index (χ4n) is 3.15. The largest absolute Gasteiger partial charge is 0.319 e. The smallest absolute Gasteiger partial charge is 0.261 e. The Balaban J connectivity index is 1.58. The predicted octanol–water partition coefficient (Wildman–Crippen LogP) is 4.15. The Morgan fingerprint density at radius 1 is 0.800 bits per heavy atom. The number of nitrogens with zero attached hydrogens (tertiary/aromatic N) is 1. The van der Waals surface area contributed by atoms with Gasteiger partial charge in [-0.25, -0.2) is 13.2 Å². The molecule has 150 valence electrons. The molecule has 0 fully saturated rings. The molecule has 3 aromatic carbocycles. The van der Waals surface area contributed by atoms with E-state index in [2.05, 4.69) is 5.32 Å². The molecular formula is C22H13F3N2O3. The van der Waals surface area contributed by atoms with Crippen molar-refractivity contribution in [2.75, 3.05) is 5.32 Å². The molecule has 0 bridgehead atoms. The van der Waals surface area contributed by atoms with Gasteiger partial charge in [0.1, 0.15) is 5.82 Å². The molecule has 4 rings (SSSR count). The Kier molecular flexibility index (Phi) is 4.83. The average Bonchev–Trinajstić information content (AvgIpc) is 2.97. The van der Waals surface area contributed by atoms with E-state index in [1.807, 2.05) is 6.07 Å². The first-order valence-corrected chi connectivity index (χ1v) is 8.85. The van der Waals surface area contributed by atoms with Crippen molar-refractivity contribution >= 4 is 23.4 Å². The molecule has 1 heterocycles. The molecule has 0 saturated carbocycles. The van der Waals surface area contributed by atoms with Gasteiger partial charge < -0.3 is 5.32 Å². The lowest BCUT2D eigenvalue weighted by Crippen LogP contribution is -2.29. The fourth-order valence-corrected chi connectivity index (χ4v) is 3.15.